The lowest BCUT2D eigenvalue weighted by molar-refractivity contribution is 0.762. The molecule has 0 heterocycles. The van der Waals surface area contributed by atoms with Gasteiger partial charge in [-0.2, -0.15) is 0 Å². The van der Waals surface area contributed by atoms with Crippen molar-refractivity contribution >= 4 is 0 Å². The highest BCUT2D eigenvalue weighted by Gasteiger charge is 1.62. The topological polar surface area (TPSA) is 43.5 Å². The third kappa shape index (κ3) is 9.07. The first-order chi connectivity index (χ1) is 2.41. The number of hydrogen-bond acceptors (Lipinski definition) is 1. The average Bonchev–Trinajstić information content (AvgIpc) is 1.41. The van der Waals surface area contributed by atoms with Crippen molar-refractivity contribution in [2.24, 2.45) is 0 Å². The van der Waals surface area contributed by atoms with Crippen molar-refractivity contribution in [3.8, 4) is 0 Å². The van der Waals surface area contributed by atoms with E-state index in [1.165, 1.54) is 0 Å². The molecule has 0 fully saturated rings. The molecule has 0 rings (SSSR count). The van der Waals surface area contributed by atoms with Gasteiger partial charge in [0.2, 0.25) is 0 Å². The highest BCUT2D eigenvalue weighted by atomic mass is 16.0. The lowest BCUT2D eigenvalue weighted by Gasteiger charge is -1.86. The van der Waals surface area contributed by atoms with Gasteiger partial charge in [-0.15, -0.1) is 0 Å². The summed E-state index contributed by atoms with van der Waals surface area (Å²) < 4.78 is 0. The van der Waals surface area contributed by atoms with Gasteiger partial charge in [0.15, 0.2) is 0 Å². The van der Waals surface area contributed by atoms with Crippen molar-refractivity contribution < 1.29 is 5.48 Å². The van der Waals surface area contributed by atoms with E-state index in [2.05, 4.69) is 19.2 Å². The van der Waals surface area contributed by atoms with Crippen molar-refractivity contribution in [3.63, 3.8) is 0 Å². The Kier molecular flexibility index (Phi) is 13.8. The normalized spacial score (nSPS) is 7.00. The fraction of sp³-hybridized carbons (Fsp3) is 1.00. The maximum atomic E-state index is 3.11. The van der Waals surface area contributed by atoms with Gasteiger partial charge in [0, 0.05) is 0 Å². The Hall–Kier alpha value is -0.0800. The molecule has 0 radical (unpaired) electrons. The Bertz CT molecular complexity index is 15.0. The van der Waals surface area contributed by atoms with E-state index in [1.54, 1.807) is 0 Å². The minimum atomic E-state index is 0. The van der Waals surface area contributed by atoms with E-state index < -0.39 is 0 Å². The van der Waals surface area contributed by atoms with Crippen LogP contribution in [0.3, 0.4) is 0 Å². The fourth-order valence-electron chi connectivity index (χ4n) is 0.250. The predicted octanol–water partition coefficient (Wildman–Crippen LogP) is -0.209. The molecule has 0 amide bonds. The molecule has 0 bridgehead atoms. The summed E-state index contributed by atoms with van der Waals surface area (Å²) >= 11 is 0. The minimum Gasteiger partial charge on any atom is -0.412 e. The molecule has 0 aliphatic heterocycles. The van der Waals surface area contributed by atoms with E-state index in [1.807, 2.05) is 0 Å². The quantitative estimate of drug-likeness (QED) is 0.502. The molecule has 0 aromatic carbocycles. The first kappa shape index (κ1) is 9.33. The summed E-state index contributed by atoms with van der Waals surface area (Å²) in [6.07, 6.45) is 0. The molecule has 0 aliphatic carbocycles. The first-order valence-corrected chi connectivity index (χ1v) is 2.12. The van der Waals surface area contributed by atoms with E-state index in [9.17, 15) is 0 Å². The summed E-state index contributed by atoms with van der Waals surface area (Å²) in [4.78, 5) is 0. The first-order valence-electron chi connectivity index (χ1n) is 2.12. The molecule has 0 aromatic rings. The van der Waals surface area contributed by atoms with E-state index in [0.717, 1.165) is 13.1 Å². The summed E-state index contributed by atoms with van der Waals surface area (Å²) in [5.41, 5.74) is 0. The van der Waals surface area contributed by atoms with Gasteiger partial charge in [0.05, 0.1) is 0 Å². The van der Waals surface area contributed by atoms with Gasteiger partial charge in [0.1, 0.15) is 0 Å². The average molecular weight is 91.2 g/mol. The van der Waals surface area contributed by atoms with Crippen molar-refractivity contribution in [1.82, 2.24) is 5.32 Å². The monoisotopic (exact) mass is 91.1 g/mol. The van der Waals surface area contributed by atoms with Crippen LogP contribution in [-0.2, 0) is 0 Å². The summed E-state index contributed by atoms with van der Waals surface area (Å²) in [7, 11) is 0. The van der Waals surface area contributed by atoms with Crippen molar-refractivity contribution in [2.45, 2.75) is 13.8 Å². The molecular formula is C4H13NO. The van der Waals surface area contributed by atoms with Crippen LogP contribution in [0, 0.1) is 0 Å². The molecule has 0 aliphatic rings. The van der Waals surface area contributed by atoms with Crippen LogP contribution in [0.25, 0.3) is 0 Å². The molecular weight excluding hydrogens is 78.0 g/mol. The third-order valence-corrected chi connectivity index (χ3v) is 0.500. The Morgan fingerprint density at radius 3 is 1.50 bits per heavy atom. The Morgan fingerprint density at radius 2 is 1.50 bits per heavy atom. The molecule has 3 N–H and O–H groups in total. The molecule has 40 valence electrons. The van der Waals surface area contributed by atoms with E-state index >= 15 is 0 Å². The Morgan fingerprint density at radius 1 is 1.17 bits per heavy atom. The third-order valence-electron chi connectivity index (χ3n) is 0.500. The largest absolute Gasteiger partial charge is 0.412 e. The maximum absolute atomic E-state index is 3.11. The zero-order valence-electron chi connectivity index (χ0n) is 4.41. The number of rotatable bonds is 2. The van der Waals surface area contributed by atoms with Crippen LogP contribution in [0.5, 0.6) is 0 Å². The molecule has 6 heavy (non-hydrogen) atoms. The second kappa shape index (κ2) is 8.87. The highest BCUT2D eigenvalue weighted by Crippen LogP contribution is 1.47. The summed E-state index contributed by atoms with van der Waals surface area (Å²) in [6.45, 7) is 6.39. The zero-order valence-corrected chi connectivity index (χ0v) is 4.41. The lowest BCUT2D eigenvalue weighted by atomic mass is 10.7. The van der Waals surface area contributed by atoms with Crippen LogP contribution in [0.4, 0.5) is 0 Å². The van der Waals surface area contributed by atoms with Gasteiger partial charge in [-0.25, -0.2) is 0 Å². The molecule has 0 unspecified atom stereocenters. The molecule has 0 spiro atoms. The van der Waals surface area contributed by atoms with Crippen molar-refractivity contribution in [1.29, 1.82) is 0 Å². The van der Waals surface area contributed by atoms with Gasteiger partial charge in [-0.1, -0.05) is 13.8 Å². The van der Waals surface area contributed by atoms with Gasteiger partial charge in [0.25, 0.3) is 0 Å². The molecule has 2 heteroatoms. The van der Waals surface area contributed by atoms with Gasteiger partial charge >= 0.3 is 0 Å². The van der Waals surface area contributed by atoms with Crippen LogP contribution in [0.1, 0.15) is 13.8 Å². The van der Waals surface area contributed by atoms with Gasteiger partial charge in [-0.3, -0.25) is 0 Å². The SMILES string of the molecule is CCNCC.O. The van der Waals surface area contributed by atoms with Gasteiger partial charge in [-0.05, 0) is 13.1 Å². The smallest absolute Gasteiger partial charge is 0.00775 e. The molecule has 2 nitrogen and oxygen atoms in total. The lowest BCUT2D eigenvalue weighted by Crippen LogP contribution is -2.09. The summed E-state index contributed by atoms with van der Waals surface area (Å²) in [5.74, 6) is 0. The molecule has 0 saturated carbocycles. The Labute approximate surface area is 38.9 Å². The van der Waals surface area contributed by atoms with Crippen LogP contribution in [0.2, 0.25) is 0 Å². The highest BCUT2D eigenvalue weighted by molar-refractivity contribution is 4.27. The van der Waals surface area contributed by atoms with Crippen molar-refractivity contribution in [3.05, 3.63) is 0 Å². The maximum Gasteiger partial charge on any atom is -0.00775 e. The standard InChI is InChI=1S/C4H11N.H2O/c1-3-5-4-2;/h5H,3-4H2,1-2H3;1H2. The van der Waals surface area contributed by atoms with E-state index in [0.29, 0.717) is 0 Å². The summed E-state index contributed by atoms with van der Waals surface area (Å²) in [5, 5.41) is 3.11. The van der Waals surface area contributed by atoms with Gasteiger partial charge < -0.3 is 10.8 Å². The van der Waals surface area contributed by atoms with Crippen LogP contribution < -0.4 is 5.32 Å². The van der Waals surface area contributed by atoms with Crippen LogP contribution in [-0.4, -0.2) is 18.6 Å². The zero-order chi connectivity index (χ0) is 4.12. The number of nitrogens with one attached hydrogen (secondary N) is 1. The van der Waals surface area contributed by atoms with E-state index in [-0.39, 0.29) is 5.48 Å². The summed E-state index contributed by atoms with van der Waals surface area (Å²) in [6, 6.07) is 0. The van der Waals surface area contributed by atoms with E-state index in [4.69, 9.17) is 0 Å². The van der Waals surface area contributed by atoms with Crippen LogP contribution >= 0.6 is 0 Å². The molecule has 0 saturated heterocycles. The van der Waals surface area contributed by atoms with Crippen molar-refractivity contribution in [2.75, 3.05) is 13.1 Å². The minimum absolute atomic E-state index is 0. The second-order valence-corrected chi connectivity index (χ2v) is 0.957. The number of hydrogen-bond donors (Lipinski definition) is 1. The molecule has 0 atom stereocenters. The Balaban J connectivity index is 0. The molecule has 0 aromatic heterocycles. The van der Waals surface area contributed by atoms with Crippen LogP contribution in [0.15, 0.2) is 0 Å². The fourth-order valence-corrected chi connectivity index (χ4v) is 0.250. The second-order valence-electron chi connectivity index (χ2n) is 0.957. The predicted molar refractivity (Wildman–Crippen MR) is 27.8 cm³/mol.